The predicted molar refractivity (Wildman–Crippen MR) is 24.7 cm³/mol. The van der Waals surface area contributed by atoms with Gasteiger partial charge < -0.3 is 0 Å². The fourth-order valence-corrected chi connectivity index (χ4v) is 0. The third-order valence-corrected chi connectivity index (χ3v) is 0. The summed E-state index contributed by atoms with van der Waals surface area (Å²) in [5.74, 6) is 0. The van der Waals surface area contributed by atoms with Crippen LogP contribution < -0.4 is 12.6 Å². The summed E-state index contributed by atoms with van der Waals surface area (Å²) in [6.45, 7) is 0. The number of hydrogen-bond acceptors (Lipinski definition) is 9. The molecular weight excluding hydrogens is 546 g/mol. The van der Waals surface area contributed by atoms with Crippen molar-refractivity contribution in [2.75, 3.05) is 0 Å². The average Bonchev–Trinajstić information content (AvgIpc) is 1.41. The summed E-state index contributed by atoms with van der Waals surface area (Å²) in [6, 6.07) is 0. The van der Waals surface area contributed by atoms with E-state index in [2.05, 4.69) is 0 Å². The first-order valence-electron chi connectivity index (χ1n) is 1.96. The van der Waals surface area contributed by atoms with E-state index >= 15 is 0 Å². The zero-order chi connectivity index (χ0) is 13.5. The quantitative estimate of drug-likeness (QED) is 0.274. The molecule has 0 aromatic carbocycles. The molecule has 107 valence electrons. The summed E-state index contributed by atoms with van der Waals surface area (Å²) < 4.78 is 107. The maximum Gasteiger partial charge on any atom is 0 e. The molecule has 0 aliphatic heterocycles. The van der Waals surface area contributed by atoms with Crippen LogP contribution in [0.15, 0.2) is 0 Å². The van der Waals surface area contributed by atoms with Gasteiger partial charge in [0.1, 0.15) is 0 Å². The number of rotatable bonds is 0. The number of hydrogen-bond donors (Lipinski definition) is 0. The summed E-state index contributed by atoms with van der Waals surface area (Å²) in [4.78, 5) is 0. The molecule has 0 unspecified atom stereocenters. The molecule has 0 fully saturated rings. The Balaban J connectivity index is -0.0000000655. The monoisotopic (exact) mass is 548 g/mol. The second-order valence-corrected chi connectivity index (χ2v) is 6.13. The van der Waals surface area contributed by atoms with Crippen molar-refractivity contribution < 1.29 is 68.6 Å². The molecule has 0 spiro atoms. The Hall–Kier alpha value is 0.769. The molecule has 0 rings (SSSR count). The van der Waals surface area contributed by atoms with Gasteiger partial charge in [0.05, 0.1) is 0 Å². The van der Waals surface area contributed by atoms with Gasteiger partial charge in [-0.1, -0.05) is 0 Å². The van der Waals surface area contributed by atoms with E-state index in [1.165, 1.54) is 0 Å². The molecule has 0 amide bonds. The Labute approximate surface area is 108 Å². The molecule has 0 aromatic rings. The van der Waals surface area contributed by atoms with Gasteiger partial charge in [-0.25, -0.2) is 0 Å². The van der Waals surface area contributed by atoms with Gasteiger partial charge in [-0.2, -0.15) is 0 Å². The summed E-state index contributed by atoms with van der Waals surface area (Å²) in [7, 11) is 0. The molecule has 16 heteroatoms. The van der Waals surface area contributed by atoms with Gasteiger partial charge in [-0.15, -0.1) is 0 Å². The van der Waals surface area contributed by atoms with Gasteiger partial charge in [-0.3, -0.25) is 0 Å². The third kappa shape index (κ3) is 4740. The molecule has 0 atom stereocenters. The van der Waals surface area contributed by atoms with Crippen LogP contribution in [-0.2, 0) is 45.4 Å². The molecule has 1 radical (unpaired) electrons. The second kappa shape index (κ2) is 9.76. The van der Waals surface area contributed by atoms with E-state index in [9.17, 15) is 10.7 Å². The van der Waals surface area contributed by atoms with Crippen molar-refractivity contribution in [3.05, 3.63) is 0 Å². The molecule has 0 aliphatic rings. The Morgan fingerprint density at radius 2 is 0.562 bits per heavy atom. The van der Waals surface area contributed by atoms with Crippen LogP contribution in [0.25, 0.3) is 0 Å². The summed E-state index contributed by atoms with van der Waals surface area (Å²) in [5, 5.41) is 0. The van der Waals surface area contributed by atoms with E-state index in [1.807, 2.05) is 0 Å². The first-order valence-corrected chi connectivity index (χ1v) is 10.2. The van der Waals surface area contributed by atoms with Crippen LogP contribution in [0.4, 0.5) is 10.7 Å². The van der Waals surface area contributed by atoms with Crippen molar-refractivity contribution in [1.82, 2.24) is 0 Å². The van der Waals surface area contributed by atoms with E-state index in [0.717, 1.165) is 0 Å². The van der Waals surface area contributed by atoms with Gasteiger partial charge in [0, 0.05) is 22.4 Å². The van der Waals surface area contributed by atoms with Crippen molar-refractivity contribution in [1.29, 1.82) is 0 Å². The van der Waals surface area contributed by atoms with Crippen LogP contribution in [0, 0.1) is 0 Å². The van der Waals surface area contributed by atoms with Gasteiger partial charge in [0.25, 0.3) is 0 Å². The Morgan fingerprint density at radius 1 is 0.562 bits per heavy atom. The molecule has 0 aliphatic carbocycles. The van der Waals surface area contributed by atoms with Crippen LogP contribution in [0.1, 0.15) is 0 Å². The van der Waals surface area contributed by atoms with Gasteiger partial charge in [0.15, 0.2) is 0 Å². The predicted octanol–water partition coefficient (Wildman–Crippen LogP) is -4.16. The zero-order valence-corrected chi connectivity index (χ0v) is 13.0. The van der Waals surface area contributed by atoms with Crippen LogP contribution in [0.3, 0.4) is 0 Å². The fraction of sp³-hybridized carbons (Fsp3) is 0. The van der Waals surface area contributed by atoms with Crippen LogP contribution in [-0.4, -0.2) is 40.5 Å². The van der Waals surface area contributed by atoms with Crippen molar-refractivity contribution in [2.45, 2.75) is 0 Å². The maximum absolute atomic E-state index is 10.2. The average molecular weight is 546 g/mol. The van der Waals surface area contributed by atoms with Crippen LogP contribution in [0.2, 0.25) is 0 Å². The van der Waals surface area contributed by atoms with Crippen LogP contribution in [0.5, 0.6) is 0 Å². The molecule has 0 saturated heterocycles. The van der Waals surface area contributed by atoms with E-state index in [-0.39, 0.29) is 22.4 Å². The minimum Gasteiger partial charge on any atom is 0 e. The molecule has 0 N–H and O–H groups in total. The molecule has 16 heavy (non-hydrogen) atoms. The molecule has 0 aromatic heterocycles. The molecule has 0 saturated carbocycles. The Kier molecular flexibility index (Phi) is 15.6. The molecule has 0 heterocycles. The van der Waals surface area contributed by atoms with Crippen molar-refractivity contribution in [2.24, 2.45) is 0 Å². The smallest absolute Gasteiger partial charge is 0 e. The fourth-order valence-electron chi connectivity index (χ4n) is 0. The number of halogens is 3. The first-order chi connectivity index (χ1) is 6.00. The maximum atomic E-state index is 10.2. The molecule has 9 nitrogen and oxygen atoms in total. The van der Waals surface area contributed by atoms with Gasteiger partial charge in [0.2, 0.25) is 0 Å². The zero-order valence-electron chi connectivity index (χ0n) is 6.33. The van der Waals surface area contributed by atoms with E-state index < -0.39 is 40.5 Å². The Bertz CT molecular complexity index is 347. The Morgan fingerprint density at radius 3 is 0.562 bits per heavy atom. The normalized spacial score (nSPS) is 10.9. The minimum atomic E-state index is -6.00. The van der Waals surface area contributed by atoms with Gasteiger partial charge in [-0.05, 0) is 0 Å². The second-order valence-electron chi connectivity index (χ2n) is 1.18. The van der Waals surface area contributed by atoms with E-state index in [1.54, 1.807) is 0 Å². The molecule has 0 bridgehead atoms. The summed E-state index contributed by atoms with van der Waals surface area (Å²) >= 11 is -18.0. The largest absolute Gasteiger partial charge is 0 e. The van der Waals surface area contributed by atoms with Crippen molar-refractivity contribution in [3.8, 4) is 0 Å². The summed E-state index contributed by atoms with van der Waals surface area (Å²) in [5.41, 5.74) is 0. The topological polar surface area (TPSA) is 172 Å². The minimum absolute atomic E-state index is 0. The van der Waals surface area contributed by atoms with Crippen LogP contribution >= 0.6 is 0 Å². The third-order valence-electron chi connectivity index (χ3n) is 0. The van der Waals surface area contributed by atoms with E-state index in [4.69, 9.17) is 35.6 Å². The molecular formula is AgF3O9Se3-3. The van der Waals surface area contributed by atoms with E-state index in [0.29, 0.717) is 0 Å². The first kappa shape index (κ1) is 25.6. The van der Waals surface area contributed by atoms with Crippen molar-refractivity contribution in [3.63, 3.8) is 0 Å². The van der Waals surface area contributed by atoms with Gasteiger partial charge >= 0.3 is 86.7 Å². The SMILES string of the molecule is O=[Se](=O)([O-])F.O=[Se](=O)([O-])F.O=[Se](=O)([O-])F.[Ag]. The standard InChI is InChI=1S/Ag.3FHO3Se/c;3*1-5(2,3)4/h;3*(H,2,3,4)/p-3. The summed E-state index contributed by atoms with van der Waals surface area (Å²) in [6.07, 6.45) is 0. The van der Waals surface area contributed by atoms with Crippen molar-refractivity contribution >= 4 is 40.5 Å².